The van der Waals surface area contributed by atoms with E-state index < -0.39 is 5.83 Å². The fourth-order valence-corrected chi connectivity index (χ4v) is 0.237. The Hall–Kier alpha value is -1.25. The minimum Gasteiger partial charge on any atom is -0.516 e. The average Bonchev–Trinajstić information content (AvgIpc) is 1.82. The van der Waals surface area contributed by atoms with Crippen molar-refractivity contribution in [2.45, 2.75) is 0 Å². The van der Waals surface area contributed by atoms with Crippen molar-refractivity contribution in [1.29, 1.82) is 0 Å². The van der Waals surface area contributed by atoms with E-state index in [-0.39, 0.29) is 5.70 Å². The largest absolute Gasteiger partial charge is 0.516 e. The molecule has 0 saturated heterocycles. The van der Waals surface area contributed by atoms with Gasteiger partial charge in [-0.05, 0) is 12.2 Å². The van der Waals surface area contributed by atoms with E-state index in [1.165, 1.54) is 12.2 Å². The molecule has 0 radical (unpaired) electrons. The minimum atomic E-state index is -0.701. The lowest BCUT2D eigenvalue weighted by atomic mass is 10.4. The SMILES string of the molecule is C=C(F)/C(N)=C\C=C\O. The predicted octanol–water partition coefficient (Wildman–Crippen LogP) is 1.38. The van der Waals surface area contributed by atoms with Gasteiger partial charge in [-0.2, -0.15) is 0 Å². The lowest BCUT2D eigenvalue weighted by Crippen LogP contribution is -1.94. The van der Waals surface area contributed by atoms with Gasteiger partial charge in [0.2, 0.25) is 0 Å². The van der Waals surface area contributed by atoms with Crippen molar-refractivity contribution in [3.63, 3.8) is 0 Å². The van der Waals surface area contributed by atoms with Crippen LogP contribution < -0.4 is 5.73 Å². The van der Waals surface area contributed by atoms with E-state index in [1.54, 1.807) is 0 Å². The normalized spacial score (nSPS) is 12.3. The summed E-state index contributed by atoms with van der Waals surface area (Å²) in [5.41, 5.74) is 4.94. The van der Waals surface area contributed by atoms with Crippen LogP contribution in [0.25, 0.3) is 0 Å². The molecule has 0 aromatic heterocycles. The Kier molecular flexibility index (Phi) is 3.20. The zero-order valence-electron chi connectivity index (χ0n) is 4.84. The Morgan fingerprint density at radius 1 is 1.67 bits per heavy atom. The van der Waals surface area contributed by atoms with E-state index in [0.717, 1.165) is 6.26 Å². The van der Waals surface area contributed by atoms with Gasteiger partial charge >= 0.3 is 0 Å². The van der Waals surface area contributed by atoms with Crippen molar-refractivity contribution in [3.8, 4) is 0 Å². The number of aliphatic hydroxyl groups is 1. The Bertz CT molecular complexity index is 160. The molecule has 0 aliphatic rings. The van der Waals surface area contributed by atoms with Crippen molar-refractivity contribution in [2.24, 2.45) is 5.73 Å². The van der Waals surface area contributed by atoms with Gasteiger partial charge < -0.3 is 10.8 Å². The highest BCUT2D eigenvalue weighted by atomic mass is 19.1. The molecule has 0 aliphatic heterocycles. The average molecular weight is 129 g/mol. The van der Waals surface area contributed by atoms with Gasteiger partial charge in [-0.25, -0.2) is 4.39 Å². The van der Waals surface area contributed by atoms with Crippen LogP contribution in [0.2, 0.25) is 0 Å². The van der Waals surface area contributed by atoms with Crippen LogP contribution in [0.1, 0.15) is 0 Å². The van der Waals surface area contributed by atoms with Gasteiger partial charge in [0, 0.05) is 0 Å². The minimum absolute atomic E-state index is 0.0831. The molecule has 2 nitrogen and oxygen atoms in total. The number of halogens is 1. The molecule has 0 bridgehead atoms. The predicted molar refractivity (Wildman–Crippen MR) is 34.3 cm³/mol. The molecule has 0 rings (SSSR count). The van der Waals surface area contributed by atoms with Crippen LogP contribution in [0.5, 0.6) is 0 Å². The molecule has 0 fully saturated rings. The number of hydrogen-bond donors (Lipinski definition) is 2. The molecule has 0 heterocycles. The Morgan fingerprint density at radius 2 is 2.22 bits per heavy atom. The first-order valence-electron chi connectivity index (χ1n) is 2.29. The quantitative estimate of drug-likeness (QED) is 0.437. The monoisotopic (exact) mass is 129 g/mol. The van der Waals surface area contributed by atoms with Crippen LogP contribution in [-0.4, -0.2) is 5.11 Å². The summed E-state index contributed by atoms with van der Waals surface area (Å²) in [5.74, 6) is -0.701. The Balaban J connectivity index is 4.00. The molecule has 50 valence electrons. The topological polar surface area (TPSA) is 46.2 Å². The van der Waals surface area contributed by atoms with Crippen molar-refractivity contribution in [3.05, 3.63) is 36.5 Å². The summed E-state index contributed by atoms with van der Waals surface area (Å²) in [4.78, 5) is 0. The smallest absolute Gasteiger partial charge is 0.138 e. The number of rotatable bonds is 2. The molecule has 0 aliphatic carbocycles. The van der Waals surface area contributed by atoms with Crippen LogP contribution in [0.4, 0.5) is 4.39 Å². The summed E-state index contributed by atoms with van der Waals surface area (Å²) in [7, 11) is 0. The highest BCUT2D eigenvalue weighted by Crippen LogP contribution is 2.00. The van der Waals surface area contributed by atoms with Gasteiger partial charge in [0.1, 0.15) is 5.83 Å². The van der Waals surface area contributed by atoms with Gasteiger partial charge in [-0.15, -0.1) is 0 Å². The molecule has 0 saturated carbocycles. The fraction of sp³-hybridized carbons (Fsp3) is 0. The third-order valence-electron chi connectivity index (χ3n) is 0.675. The van der Waals surface area contributed by atoms with Gasteiger partial charge in [0.25, 0.3) is 0 Å². The number of aliphatic hydroxyl groups excluding tert-OH is 1. The highest BCUT2D eigenvalue weighted by molar-refractivity contribution is 5.22. The molecule has 3 heteroatoms. The molecule has 0 spiro atoms. The second-order valence-electron chi connectivity index (χ2n) is 1.37. The van der Waals surface area contributed by atoms with E-state index in [1.807, 2.05) is 0 Å². The molecule has 0 aromatic carbocycles. The number of nitrogens with two attached hydrogens (primary N) is 1. The summed E-state index contributed by atoms with van der Waals surface area (Å²) >= 11 is 0. The number of allylic oxidation sites excluding steroid dienone is 3. The van der Waals surface area contributed by atoms with Crippen LogP contribution in [0.3, 0.4) is 0 Å². The van der Waals surface area contributed by atoms with Crippen molar-refractivity contribution < 1.29 is 9.50 Å². The lowest BCUT2D eigenvalue weighted by Gasteiger charge is -1.89. The van der Waals surface area contributed by atoms with Gasteiger partial charge in [0.05, 0.1) is 12.0 Å². The first kappa shape index (κ1) is 7.75. The lowest BCUT2D eigenvalue weighted by molar-refractivity contribution is 0.473. The second-order valence-corrected chi connectivity index (χ2v) is 1.37. The standard InChI is InChI=1S/C6H8FNO/c1-5(7)6(8)3-2-4-9/h2-4,9H,1,8H2/b4-2+,6-3+. The zero-order chi connectivity index (χ0) is 7.28. The van der Waals surface area contributed by atoms with Crippen molar-refractivity contribution >= 4 is 0 Å². The van der Waals surface area contributed by atoms with E-state index in [0.29, 0.717) is 0 Å². The van der Waals surface area contributed by atoms with E-state index in [9.17, 15) is 4.39 Å². The first-order chi connectivity index (χ1) is 4.18. The van der Waals surface area contributed by atoms with Crippen LogP contribution in [-0.2, 0) is 0 Å². The van der Waals surface area contributed by atoms with Crippen molar-refractivity contribution in [1.82, 2.24) is 0 Å². The molecule has 0 unspecified atom stereocenters. The maximum Gasteiger partial charge on any atom is 0.138 e. The highest BCUT2D eigenvalue weighted by Gasteiger charge is 1.89. The first-order valence-corrected chi connectivity index (χ1v) is 2.29. The molecular formula is C6H8FNO. The maximum absolute atomic E-state index is 11.9. The van der Waals surface area contributed by atoms with Crippen LogP contribution in [0.15, 0.2) is 36.5 Å². The Morgan fingerprint density at radius 3 is 2.56 bits per heavy atom. The van der Waals surface area contributed by atoms with Crippen molar-refractivity contribution in [2.75, 3.05) is 0 Å². The summed E-state index contributed by atoms with van der Waals surface area (Å²) in [6.45, 7) is 2.93. The van der Waals surface area contributed by atoms with E-state index in [2.05, 4.69) is 6.58 Å². The third-order valence-corrected chi connectivity index (χ3v) is 0.675. The van der Waals surface area contributed by atoms with E-state index >= 15 is 0 Å². The fourth-order valence-electron chi connectivity index (χ4n) is 0.237. The van der Waals surface area contributed by atoms with Gasteiger partial charge in [0.15, 0.2) is 0 Å². The van der Waals surface area contributed by atoms with Crippen LogP contribution >= 0.6 is 0 Å². The number of hydrogen-bond acceptors (Lipinski definition) is 2. The molecule has 0 atom stereocenters. The summed E-state index contributed by atoms with van der Waals surface area (Å²) in [6.07, 6.45) is 3.18. The van der Waals surface area contributed by atoms with Gasteiger partial charge in [-0.3, -0.25) is 0 Å². The molecule has 9 heavy (non-hydrogen) atoms. The second kappa shape index (κ2) is 3.72. The molecule has 0 amide bonds. The summed E-state index contributed by atoms with van der Waals surface area (Å²) < 4.78 is 11.9. The van der Waals surface area contributed by atoms with Gasteiger partial charge in [-0.1, -0.05) is 6.58 Å². The molecule has 0 aromatic rings. The zero-order valence-corrected chi connectivity index (χ0v) is 4.84. The molecular weight excluding hydrogens is 121 g/mol. The Labute approximate surface area is 52.8 Å². The van der Waals surface area contributed by atoms with E-state index in [4.69, 9.17) is 10.8 Å². The molecule has 3 N–H and O–H groups in total. The third kappa shape index (κ3) is 3.34. The summed E-state index contributed by atoms with van der Waals surface area (Å²) in [6, 6.07) is 0. The summed E-state index contributed by atoms with van der Waals surface area (Å²) in [5, 5.41) is 8.06. The van der Waals surface area contributed by atoms with Crippen LogP contribution in [0, 0.1) is 0 Å². The maximum atomic E-state index is 11.9.